The Bertz CT molecular complexity index is 1000. The Kier molecular flexibility index (Phi) is 6.28. The van der Waals surface area contributed by atoms with Crippen molar-refractivity contribution >= 4 is 6.09 Å². The molecule has 7 heteroatoms. The van der Waals surface area contributed by atoms with E-state index in [0.717, 1.165) is 10.4 Å². The van der Waals surface area contributed by atoms with E-state index in [9.17, 15) is 9.59 Å². The summed E-state index contributed by atoms with van der Waals surface area (Å²) in [5, 5.41) is 4.21. The van der Waals surface area contributed by atoms with Gasteiger partial charge in [-0.1, -0.05) is 32.0 Å². The highest BCUT2D eigenvalue weighted by Gasteiger charge is 2.24. The Labute approximate surface area is 165 Å². The van der Waals surface area contributed by atoms with Crippen LogP contribution in [0.3, 0.4) is 0 Å². The minimum atomic E-state index is -0.658. The zero-order valence-corrected chi connectivity index (χ0v) is 17.6. The third kappa shape index (κ3) is 4.42. The maximum atomic E-state index is 13.0. The van der Waals surface area contributed by atoms with Gasteiger partial charge in [0.25, 0.3) is 5.56 Å². The lowest BCUT2D eigenvalue weighted by Crippen LogP contribution is -2.28. The monoisotopic (exact) mass is 384 g/mol. The third-order valence-corrected chi connectivity index (χ3v) is 3.73. The third-order valence-electron chi connectivity index (χ3n) is 3.73. The van der Waals surface area contributed by atoms with Crippen LogP contribution < -0.4 is 5.56 Å². The second-order valence-corrected chi connectivity index (χ2v) is 7.13. The molecule has 3 aromatic rings. The van der Waals surface area contributed by atoms with E-state index in [0.29, 0.717) is 17.0 Å². The van der Waals surface area contributed by atoms with Gasteiger partial charge in [0.05, 0.1) is 22.6 Å². The van der Waals surface area contributed by atoms with Crippen molar-refractivity contribution in [2.24, 2.45) is 7.05 Å². The summed E-state index contributed by atoms with van der Waals surface area (Å²) in [5.74, 6) is 0. The molecule has 0 saturated carbocycles. The van der Waals surface area contributed by atoms with E-state index in [1.54, 1.807) is 51.7 Å². The van der Waals surface area contributed by atoms with Gasteiger partial charge in [-0.15, -0.1) is 0 Å². The predicted octanol–water partition coefficient (Wildman–Crippen LogP) is 4.16. The fourth-order valence-corrected chi connectivity index (χ4v) is 2.74. The highest BCUT2D eigenvalue weighted by atomic mass is 16.6. The van der Waals surface area contributed by atoms with Crippen molar-refractivity contribution in [3.63, 3.8) is 0 Å². The number of aryl methyl sites for hydroxylation is 2. The van der Waals surface area contributed by atoms with Gasteiger partial charge >= 0.3 is 6.09 Å². The molecule has 150 valence electrons. The van der Waals surface area contributed by atoms with Crippen LogP contribution in [0, 0.1) is 6.92 Å². The van der Waals surface area contributed by atoms with Gasteiger partial charge < -0.3 is 4.74 Å². The maximum absolute atomic E-state index is 13.0. The van der Waals surface area contributed by atoms with E-state index in [-0.39, 0.29) is 5.56 Å². The van der Waals surface area contributed by atoms with Gasteiger partial charge in [-0.2, -0.15) is 9.78 Å². The lowest BCUT2D eigenvalue weighted by Gasteiger charge is -2.19. The number of nitrogens with zero attached hydrogens (tertiary/aromatic N) is 4. The lowest BCUT2D eigenvalue weighted by molar-refractivity contribution is 0.0517. The molecule has 0 aliphatic carbocycles. The molecule has 0 N–H and O–H groups in total. The van der Waals surface area contributed by atoms with E-state index >= 15 is 0 Å². The molecule has 0 saturated heterocycles. The largest absolute Gasteiger partial charge is 0.442 e. The van der Waals surface area contributed by atoms with Gasteiger partial charge in [-0.05, 0) is 45.9 Å². The standard InChI is InChI=1S/C19H22N4O3.C2H6/c1-13-11-16(22(20-13)18(25)26-19(2,3)4)15-12-21(5)23(17(15)24)14-9-7-6-8-10-14;1-2/h6-12H,1-5H3;1-2H3. The van der Waals surface area contributed by atoms with E-state index in [1.165, 1.54) is 4.68 Å². The zero-order chi connectivity index (χ0) is 21.1. The van der Waals surface area contributed by atoms with Crippen LogP contribution in [0.4, 0.5) is 4.79 Å². The number of hydrogen-bond donors (Lipinski definition) is 0. The fraction of sp³-hybridized carbons (Fsp3) is 0.381. The van der Waals surface area contributed by atoms with Crippen molar-refractivity contribution < 1.29 is 9.53 Å². The Morgan fingerprint density at radius 2 is 1.71 bits per heavy atom. The Morgan fingerprint density at radius 1 is 1.11 bits per heavy atom. The van der Waals surface area contributed by atoms with E-state index in [4.69, 9.17) is 4.74 Å². The number of aromatic nitrogens is 4. The Hall–Kier alpha value is -3.09. The second kappa shape index (κ2) is 8.29. The summed E-state index contributed by atoms with van der Waals surface area (Å²) in [5.41, 5.74) is 1.26. The molecule has 2 heterocycles. The SMILES string of the molecule is CC.Cc1cc(-c2cn(C)n(-c3ccccc3)c2=O)n(C(=O)OC(C)(C)C)n1. The molecule has 7 nitrogen and oxygen atoms in total. The molecule has 28 heavy (non-hydrogen) atoms. The topological polar surface area (TPSA) is 71.0 Å². The number of hydrogen-bond acceptors (Lipinski definition) is 4. The quantitative estimate of drug-likeness (QED) is 0.665. The van der Waals surface area contributed by atoms with Crippen LogP contribution in [0.15, 0.2) is 47.4 Å². The summed E-state index contributed by atoms with van der Waals surface area (Å²) in [6.45, 7) is 11.1. The van der Waals surface area contributed by atoms with Crippen molar-refractivity contribution in [1.82, 2.24) is 19.1 Å². The predicted molar refractivity (Wildman–Crippen MR) is 110 cm³/mol. The van der Waals surface area contributed by atoms with Gasteiger partial charge in [0.15, 0.2) is 0 Å². The number of rotatable bonds is 2. The van der Waals surface area contributed by atoms with Crippen molar-refractivity contribution in [2.75, 3.05) is 0 Å². The highest BCUT2D eigenvalue weighted by Crippen LogP contribution is 2.20. The summed E-state index contributed by atoms with van der Waals surface area (Å²) >= 11 is 0. The van der Waals surface area contributed by atoms with Crippen LogP contribution in [-0.4, -0.2) is 30.8 Å². The van der Waals surface area contributed by atoms with Crippen LogP contribution in [0.25, 0.3) is 16.9 Å². The fourth-order valence-electron chi connectivity index (χ4n) is 2.74. The number of ether oxygens (including phenoxy) is 1. The van der Waals surface area contributed by atoms with Gasteiger partial charge in [0.1, 0.15) is 5.60 Å². The molecular formula is C21H28N4O3. The molecule has 0 bridgehead atoms. The van der Waals surface area contributed by atoms with Crippen LogP contribution in [0.5, 0.6) is 0 Å². The van der Waals surface area contributed by atoms with Crippen molar-refractivity contribution in [3.8, 4) is 16.9 Å². The molecule has 0 radical (unpaired) electrons. The van der Waals surface area contributed by atoms with Gasteiger partial charge in [-0.3, -0.25) is 9.48 Å². The number of benzene rings is 1. The molecule has 1 aromatic carbocycles. The molecular weight excluding hydrogens is 356 g/mol. The summed E-state index contributed by atoms with van der Waals surface area (Å²) in [6, 6.07) is 11.0. The minimum absolute atomic E-state index is 0.233. The molecule has 0 aliphatic heterocycles. The molecule has 0 atom stereocenters. The molecule has 2 aromatic heterocycles. The minimum Gasteiger partial charge on any atom is -0.442 e. The van der Waals surface area contributed by atoms with Crippen LogP contribution in [0.1, 0.15) is 40.3 Å². The van der Waals surface area contributed by atoms with Crippen molar-refractivity contribution in [2.45, 2.75) is 47.1 Å². The highest BCUT2D eigenvalue weighted by molar-refractivity contribution is 5.77. The molecule has 0 spiro atoms. The molecule has 0 unspecified atom stereocenters. The van der Waals surface area contributed by atoms with Crippen LogP contribution in [0.2, 0.25) is 0 Å². The molecule has 3 rings (SSSR count). The molecule has 0 aliphatic rings. The number of para-hydroxylation sites is 1. The second-order valence-electron chi connectivity index (χ2n) is 7.13. The first-order chi connectivity index (χ1) is 13.2. The van der Waals surface area contributed by atoms with Crippen LogP contribution in [-0.2, 0) is 11.8 Å². The Morgan fingerprint density at radius 3 is 2.29 bits per heavy atom. The van der Waals surface area contributed by atoms with E-state index in [1.807, 2.05) is 44.2 Å². The summed E-state index contributed by atoms with van der Waals surface area (Å²) in [7, 11) is 1.78. The lowest BCUT2D eigenvalue weighted by atomic mass is 10.2. The molecule has 0 amide bonds. The van der Waals surface area contributed by atoms with Crippen molar-refractivity contribution in [3.05, 3.63) is 58.6 Å². The van der Waals surface area contributed by atoms with Crippen LogP contribution >= 0.6 is 0 Å². The van der Waals surface area contributed by atoms with E-state index < -0.39 is 11.7 Å². The summed E-state index contributed by atoms with van der Waals surface area (Å²) in [6.07, 6.45) is 1.07. The number of carbonyl (C=O) groups is 1. The normalized spacial score (nSPS) is 11.0. The summed E-state index contributed by atoms with van der Waals surface area (Å²) < 4.78 is 9.78. The smallest absolute Gasteiger partial charge is 0.435 e. The van der Waals surface area contributed by atoms with Gasteiger partial charge in [0.2, 0.25) is 0 Å². The van der Waals surface area contributed by atoms with Gasteiger partial charge in [-0.25, -0.2) is 9.48 Å². The Balaban J connectivity index is 0.00000136. The van der Waals surface area contributed by atoms with E-state index in [2.05, 4.69) is 5.10 Å². The van der Waals surface area contributed by atoms with Crippen molar-refractivity contribution in [1.29, 1.82) is 0 Å². The zero-order valence-electron chi connectivity index (χ0n) is 17.6. The first kappa shape index (κ1) is 21.2. The summed E-state index contributed by atoms with van der Waals surface area (Å²) in [4.78, 5) is 25.5. The maximum Gasteiger partial charge on any atom is 0.435 e. The first-order valence-electron chi connectivity index (χ1n) is 9.32. The molecule has 0 fully saturated rings. The first-order valence-corrected chi connectivity index (χ1v) is 9.32. The average molecular weight is 384 g/mol. The van der Waals surface area contributed by atoms with Gasteiger partial charge in [0, 0.05) is 13.2 Å². The number of carbonyl (C=O) groups excluding carboxylic acids is 1. The average Bonchev–Trinajstić information content (AvgIpc) is 3.15.